The minimum atomic E-state index is -0.218. The van der Waals surface area contributed by atoms with Gasteiger partial charge in [0.15, 0.2) is 0 Å². The maximum Gasteiger partial charge on any atom is 0.127 e. The highest BCUT2D eigenvalue weighted by Gasteiger charge is 2.31. The molecule has 0 bridgehead atoms. The summed E-state index contributed by atoms with van der Waals surface area (Å²) < 4.78 is 0. The lowest BCUT2D eigenvalue weighted by Crippen LogP contribution is -2.13. The molecule has 0 saturated heterocycles. The third-order valence-electron chi connectivity index (χ3n) is 6.06. The van der Waals surface area contributed by atoms with Crippen molar-refractivity contribution in [2.24, 2.45) is 0 Å². The van der Waals surface area contributed by atoms with E-state index in [9.17, 15) is 25.5 Å². The van der Waals surface area contributed by atoms with E-state index in [0.717, 1.165) is 22.3 Å². The van der Waals surface area contributed by atoms with E-state index in [2.05, 4.69) is 0 Å². The van der Waals surface area contributed by atoms with Gasteiger partial charge >= 0.3 is 0 Å². The predicted octanol–water partition coefficient (Wildman–Crippen LogP) is 5.74. The average Bonchev–Trinajstić information content (AvgIpc) is 2.78. The van der Waals surface area contributed by atoms with E-state index in [1.165, 1.54) is 6.07 Å². The van der Waals surface area contributed by atoms with Gasteiger partial charge in [-0.1, -0.05) is 36.4 Å². The van der Waals surface area contributed by atoms with Gasteiger partial charge in [-0.15, -0.1) is 0 Å². The van der Waals surface area contributed by atoms with Gasteiger partial charge in [0, 0.05) is 23.1 Å². The maximum atomic E-state index is 11.1. The van der Waals surface area contributed by atoms with Gasteiger partial charge < -0.3 is 25.5 Å². The summed E-state index contributed by atoms with van der Waals surface area (Å²) in [5.74, 6) is 0.165. The molecule has 4 aromatic rings. The topological polar surface area (TPSA) is 101 Å². The molecule has 164 valence electrons. The summed E-state index contributed by atoms with van der Waals surface area (Å²) >= 11 is 0. The normalized spacial score (nSPS) is 14.7. The summed E-state index contributed by atoms with van der Waals surface area (Å²) in [7, 11) is 0. The van der Waals surface area contributed by atoms with E-state index in [-0.39, 0.29) is 34.7 Å². The molecule has 1 aliphatic rings. The van der Waals surface area contributed by atoms with Crippen molar-refractivity contribution in [3.8, 4) is 39.9 Å². The summed E-state index contributed by atoms with van der Waals surface area (Å²) in [6, 6.07) is 20.2. The molecule has 0 heterocycles. The SMILES string of the molecule is Oc1ccc(C=Cc2cc(O)c3c(c2)-c2c(O)cc(O)cc2CC3c2ccc(O)cc2)cc1. The van der Waals surface area contributed by atoms with Crippen LogP contribution in [0.15, 0.2) is 72.8 Å². The number of rotatable bonds is 3. The molecular formula is C28H22O5. The smallest absolute Gasteiger partial charge is 0.127 e. The van der Waals surface area contributed by atoms with E-state index in [0.29, 0.717) is 23.1 Å². The van der Waals surface area contributed by atoms with E-state index in [1.807, 2.05) is 30.4 Å². The molecule has 33 heavy (non-hydrogen) atoms. The van der Waals surface area contributed by atoms with Crippen LogP contribution in [0.4, 0.5) is 0 Å². The summed E-state index contributed by atoms with van der Waals surface area (Å²) in [6.45, 7) is 0. The van der Waals surface area contributed by atoms with Crippen molar-refractivity contribution in [3.63, 3.8) is 0 Å². The number of fused-ring (bicyclic) bond motifs is 3. The summed E-state index contributed by atoms with van der Waals surface area (Å²) in [4.78, 5) is 0. The molecule has 1 aliphatic carbocycles. The number of phenols is 5. The summed E-state index contributed by atoms with van der Waals surface area (Å²) in [5.41, 5.74) is 5.28. The molecular weight excluding hydrogens is 416 g/mol. The fourth-order valence-electron chi connectivity index (χ4n) is 4.56. The minimum absolute atomic E-state index is 0.0215. The van der Waals surface area contributed by atoms with E-state index in [1.54, 1.807) is 48.5 Å². The molecule has 0 radical (unpaired) electrons. The molecule has 0 fully saturated rings. The predicted molar refractivity (Wildman–Crippen MR) is 128 cm³/mol. The lowest BCUT2D eigenvalue weighted by atomic mass is 9.74. The number of hydrogen-bond acceptors (Lipinski definition) is 5. The van der Waals surface area contributed by atoms with Gasteiger partial charge in [-0.3, -0.25) is 0 Å². The molecule has 5 nitrogen and oxygen atoms in total. The molecule has 4 aromatic carbocycles. The first-order valence-corrected chi connectivity index (χ1v) is 10.6. The second-order valence-electron chi connectivity index (χ2n) is 8.27. The van der Waals surface area contributed by atoms with Gasteiger partial charge in [0.25, 0.3) is 0 Å². The summed E-state index contributed by atoms with van der Waals surface area (Å²) in [6.07, 6.45) is 4.21. The van der Waals surface area contributed by atoms with Crippen LogP contribution in [0.5, 0.6) is 28.7 Å². The minimum Gasteiger partial charge on any atom is -0.508 e. The Hall–Kier alpha value is -4.38. The Morgan fingerprint density at radius 2 is 1.24 bits per heavy atom. The van der Waals surface area contributed by atoms with Crippen molar-refractivity contribution in [1.29, 1.82) is 0 Å². The second kappa shape index (κ2) is 7.95. The molecule has 5 N–H and O–H groups in total. The number of phenolic OH excluding ortho intramolecular Hbond substituents is 5. The first-order valence-electron chi connectivity index (χ1n) is 10.6. The lowest BCUT2D eigenvalue weighted by molar-refractivity contribution is 0.448. The molecule has 5 heteroatoms. The van der Waals surface area contributed by atoms with Crippen LogP contribution in [0.25, 0.3) is 23.3 Å². The van der Waals surface area contributed by atoms with Crippen LogP contribution < -0.4 is 0 Å². The number of aromatic hydroxyl groups is 5. The van der Waals surface area contributed by atoms with Gasteiger partial charge in [0.05, 0.1) is 0 Å². The van der Waals surface area contributed by atoms with Gasteiger partial charge in [0.2, 0.25) is 0 Å². The Morgan fingerprint density at radius 1 is 0.606 bits per heavy atom. The van der Waals surface area contributed by atoms with E-state index in [4.69, 9.17) is 0 Å². The Morgan fingerprint density at radius 3 is 1.94 bits per heavy atom. The van der Waals surface area contributed by atoms with Gasteiger partial charge in [-0.2, -0.15) is 0 Å². The third kappa shape index (κ3) is 3.85. The van der Waals surface area contributed by atoms with Crippen molar-refractivity contribution in [2.45, 2.75) is 12.3 Å². The number of hydrogen-bond donors (Lipinski definition) is 5. The highest BCUT2D eigenvalue weighted by Crippen LogP contribution is 2.51. The van der Waals surface area contributed by atoms with Crippen LogP contribution >= 0.6 is 0 Å². The first-order chi connectivity index (χ1) is 15.9. The Balaban J connectivity index is 1.66. The summed E-state index contributed by atoms with van der Waals surface area (Å²) in [5, 5.41) is 51.0. The van der Waals surface area contributed by atoms with Crippen LogP contribution in [-0.4, -0.2) is 25.5 Å². The highest BCUT2D eigenvalue weighted by atomic mass is 16.3. The molecule has 1 atom stereocenters. The van der Waals surface area contributed by atoms with Crippen LogP contribution in [0, 0.1) is 0 Å². The molecule has 0 aromatic heterocycles. The van der Waals surface area contributed by atoms with Gasteiger partial charge in [0.1, 0.15) is 28.7 Å². The van der Waals surface area contributed by atoms with Crippen molar-refractivity contribution >= 4 is 12.2 Å². The molecule has 0 saturated carbocycles. The lowest BCUT2D eigenvalue weighted by Gasteiger charge is -2.30. The zero-order valence-corrected chi connectivity index (χ0v) is 17.6. The monoisotopic (exact) mass is 438 g/mol. The highest BCUT2D eigenvalue weighted by molar-refractivity contribution is 5.85. The Kier molecular flexibility index (Phi) is 4.94. The zero-order chi connectivity index (χ0) is 23.1. The maximum absolute atomic E-state index is 11.1. The quantitative estimate of drug-likeness (QED) is 0.263. The standard InChI is InChI=1S/C28H22O5/c29-20-7-3-16(4-8-20)1-2-17-11-24-27-19(13-22(31)15-26(27)33)14-23(28(24)25(32)12-17)18-5-9-21(30)10-6-18/h1-13,15,23,29-33H,14H2. The van der Waals surface area contributed by atoms with Gasteiger partial charge in [-0.25, -0.2) is 0 Å². The Labute approximate surface area is 190 Å². The number of benzene rings is 4. The van der Waals surface area contributed by atoms with Crippen molar-refractivity contribution in [3.05, 3.63) is 101 Å². The fourth-order valence-corrected chi connectivity index (χ4v) is 4.56. The van der Waals surface area contributed by atoms with E-state index >= 15 is 0 Å². The molecule has 0 aliphatic heterocycles. The van der Waals surface area contributed by atoms with Crippen LogP contribution in [0.1, 0.15) is 33.7 Å². The van der Waals surface area contributed by atoms with E-state index < -0.39 is 0 Å². The molecule has 0 amide bonds. The Bertz CT molecular complexity index is 1370. The fraction of sp³-hybridized carbons (Fsp3) is 0.0714. The molecule has 1 unspecified atom stereocenters. The van der Waals surface area contributed by atoms with Crippen LogP contribution in [0.3, 0.4) is 0 Å². The van der Waals surface area contributed by atoms with Crippen molar-refractivity contribution in [2.75, 3.05) is 0 Å². The zero-order valence-electron chi connectivity index (χ0n) is 17.6. The average molecular weight is 438 g/mol. The van der Waals surface area contributed by atoms with Crippen LogP contribution in [-0.2, 0) is 6.42 Å². The first kappa shape index (κ1) is 20.5. The van der Waals surface area contributed by atoms with Crippen LogP contribution in [0.2, 0.25) is 0 Å². The van der Waals surface area contributed by atoms with Crippen molar-refractivity contribution in [1.82, 2.24) is 0 Å². The largest absolute Gasteiger partial charge is 0.508 e. The third-order valence-corrected chi connectivity index (χ3v) is 6.06. The molecule has 5 rings (SSSR count). The van der Waals surface area contributed by atoms with Crippen molar-refractivity contribution < 1.29 is 25.5 Å². The molecule has 0 spiro atoms. The van der Waals surface area contributed by atoms with Gasteiger partial charge in [-0.05, 0) is 76.7 Å². The second-order valence-corrected chi connectivity index (χ2v) is 8.27.